The number of hydrogen-bond acceptors (Lipinski definition) is 4. The molecule has 6 heteroatoms. The van der Waals surface area contributed by atoms with Crippen molar-refractivity contribution in [3.8, 4) is 5.75 Å². The maximum Gasteiger partial charge on any atom is 0.262 e. The van der Waals surface area contributed by atoms with Gasteiger partial charge in [0.05, 0.1) is 10.9 Å². The van der Waals surface area contributed by atoms with Gasteiger partial charge in [0.25, 0.3) is 5.56 Å². The predicted octanol–water partition coefficient (Wildman–Crippen LogP) is 2.64. The summed E-state index contributed by atoms with van der Waals surface area (Å²) in [6.07, 6.45) is 0. The smallest absolute Gasteiger partial charge is 0.262 e. The van der Waals surface area contributed by atoms with Gasteiger partial charge in [0.15, 0.2) is 5.82 Å². The first-order chi connectivity index (χ1) is 11.8. The van der Waals surface area contributed by atoms with Crippen LogP contribution >= 0.6 is 0 Å². The minimum Gasteiger partial charge on any atom is -0.486 e. The number of aryl methyl sites for hydroxylation is 1. The average molecular weight is 320 g/mol. The summed E-state index contributed by atoms with van der Waals surface area (Å²) in [5.41, 5.74) is 0.738. The highest BCUT2D eigenvalue weighted by Gasteiger charge is 2.15. The van der Waals surface area contributed by atoms with Crippen LogP contribution in [0.4, 0.5) is 0 Å². The van der Waals surface area contributed by atoms with E-state index < -0.39 is 0 Å². The van der Waals surface area contributed by atoms with Gasteiger partial charge in [-0.1, -0.05) is 30.3 Å². The molecule has 2 aromatic carbocycles. The molecule has 6 nitrogen and oxygen atoms in total. The van der Waals surface area contributed by atoms with Gasteiger partial charge in [-0.25, -0.2) is 0 Å². The number of fused-ring (bicyclic) bond motifs is 3. The first-order valence-corrected chi connectivity index (χ1v) is 7.83. The number of nitrogens with zero attached hydrogens (tertiary/aromatic N) is 4. The molecular weight excluding hydrogens is 304 g/mol. The molecule has 0 aliphatic heterocycles. The molecule has 4 rings (SSSR count). The van der Waals surface area contributed by atoms with Gasteiger partial charge in [-0.3, -0.25) is 13.8 Å². The average Bonchev–Trinajstić information content (AvgIpc) is 3.05. The quantitative estimate of drug-likeness (QED) is 0.580. The van der Waals surface area contributed by atoms with Crippen molar-refractivity contribution in [2.45, 2.75) is 20.1 Å². The van der Waals surface area contributed by atoms with Crippen molar-refractivity contribution in [3.05, 3.63) is 70.8 Å². The summed E-state index contributed by atoms with van der Waals surface area (Å²) in [7, 11) is 0. The second-order valence-corrected chi connectivity index (χ2v) is 5.42. The molecule has 24 heavy (non-hydrogen) atoms. The second kappa shape index (κ2) is 5.81. The van der Waals surface area contributed by atoms with Crippen LogP contribution in [0, 0.1) is 0 Å². The lowest BCUT2D eigenvalue weighted by Gasteiger charge is -2.10. The van der Waals surface area contributed by atoms with Crippen LogP contribution in [0.2, 0.25) is 0 Å². The molecule has 0 bridgehead atoms. The van der Waals surface area contributed by atoms with Gasteiger partial charge < -0.3 is 4.74 Å². The fourth-order valence-electron chi connectivity index (χ4n) is 2.86. The molecule has 0 fully saturated rings. The first kappa shape index (κ1) is 14.4. The molecule has 0 radical (unpaired) electrons. The van der Waals surface area contributed by atoms with E-state index in [1.807, 2.05) is 65.9 Å². The van der Waals surface area contributed by atoms with Crippen molar-refractivity contribution < 1.29 is 4.74 Å². The Morgan fingerprint density at radius 2 is 1.75 bits per heavy atom. The van der Waals surface area contributed by atoms with Crippen LogP contribution < -0.4 is 10.3 Å². The summed E-state index contributed by atoms with van der Waals surface area (Å²) in [4.78, 5) is 12.6. The Balaban J connectivity index is 1.88. The van der Waals surface area contributed by atoms with Gasteiger partial charge in [-0.05, 0) is 31.2 Å². The summed E-state index contributed by atoms with van der Waals surface area (Å²) in [6.45, 7) is 2.73. The zero-order valence-corrected chi connectivity index (χ0v) is 13.2. The van der Waals surface area contributed by atoms with E-state index in [4.69, 9.17) is 4.74 Å². The van der Waals surface area contributed by atoms with Gasteiger partial charge in [0, 0.05) is 6.54 Å². The van der Waals surface area contributed by atoms with Crippen LogP contribution in [-0.2, 0) is 13.2 Å². The molecule has 0 atom stereocenters. The number of benzene rings is 2. The van der Waals surface area contributed by atoms with Crippen LogP contribution in [0.15, 0.2) is 59.4 Å². The van der Waals surface area contributed by atoms with Gasteiger partial charge in [-0.2, -0.15) is 0 Å². The van der Waals surface area contributed by atoms with Crippen LogP contribution in [0.5, 0.6) is 5.75 Å². The van der Waals surface area contributed by atoms with Gasteiger partial charge in [0.2, 0.25) is 5.78 Å². The summed E-state index contributed by atoms with van der Waals surface area (Å²) in [5, 5.41) is 9.09. The molecule has 0 N–H and O–H groups in total. The third-order valence-electron chi connectivity index (χ3n) is 4.00. The lowest BCUT2D eigenvalue weighted by Crippen LogP contribution is -2.22. The molecule has 0 unspecified atom stereocenters. The van der Waals surface area contributed by atoms with Gasteiger partial charge in [-0.15, -0.1) is 10.2 Å². The van der Waals surface area contributed by atoms with Gasteiger partial charge >= 0.3 is 0 Å². The van der Waals surface area contributed by atoms with E-state index in [9.17, 15) is 4.79 Å². The largest absolute Gasteiger partial charge is 0.486 e. The maximum atomic E-state index is 12.6. The topological polar surface area (TPSA) is 61.4 Å². The monoisotopic (exact) mass is 320 g/mol. The van der Waals surface area contributed by atoms with Crippen molar-refractivity contribution in [2.24, 2.45) is 0 Å². The van der Waals surface area contributed by atoms with Crippen molar-refractivity contribution in [1.82, 2.24) is 19.2 Å². The fraction of sp³-hybridized carbons (Fsp3) is 0.167. The normalized spacial score (nSPS) is 11.2. The van der Waals surface area contributed by atoms with Crippen molar-refractivity contribution in [3.63, 3.8) is 0 Å². The summed E-state index contributed by atoms with van der Waals surface area (Å²) in [5.74, 6) is 1.96. The number of aromatic nitrogens is 4. The Hall–Kier alpha value is -3.15. The molecule has 0 amide bonds. The molecule has 2 aromatic heterocycles. The van der Waals surface area contributed by atoms with Crippen LogP contribution in [-0.4, -0.2) is 19.2 Å². The van der Waals surface area contributed by atoms with E-state index in [1.165, 1.54) is 0 Å². The second-order valence-electron chi connectivity index (χ2n) is 5.42. The molecule has 0 spiro atoms. The molecule has 0 saturated heterocycles. The molecule has 120 valence electrons. The highest BCUT2D eigenvalue weighted by molar-refractivity contribution is 5.80. The lowest BCUT2D eigenvalue weighted by atomic mass is 10.2. The van der Waals surface area contributed by atoms with Crippen molar-refractivity contribution in [1.29, 1.82) is 0 Å². The number of rotatable bonds is 4. The van der Waals surface area contributed by atoms with Gasteiger partial charge in [0.1, 0.15) is 12.4 Å². The Bertz CT molecular complexity index is 1070. The Labute approximate surface area is 137 Å². The lowest BCUT2D eigenvalue weighted by molar-refractivity contribution is 0.295. The maximum absolute atomic E-state index is 12.6. The van der Waals surface area contributed by atoms with Crippen LogP contribution in [0.3, 0.4) is 0 Å². The van der Waals surface area contributed by atoms with E-state index in [2.05, 4.69) is 10.2 Å². The Morgan fingerprint density at radius 1 is 1.00 bits per heavy atom. The number of ether oxygens (including phenoxy) is 1. The first-order valence-electron chi connectivity index (χ1n) is 7.83. The highest BCUT2D eigenvalue weighted by atomic mass is 16.5. The van der Waals surface area contributed by atoms with Crippen molar-refractivity contribution in [2.75, 3.05) is 0 Å². The molecule has 0 aliphatic carbocycles. The predicted molar refractivity (Wildman–Crippen MR) is 91.2 cm³/mol. The Morgan fingerprint density at radius 3 is 2.54 bits per heavy atom. The summed E-state index contributed by atoms with van der Waals surface area (Å²) < 4.78 is 9.32. The van der Waals surface area contributed by atoms with E-state index in [0.717, 1.165) is 11.3 Å². The van der Waals surface area contributed by atoms with Crippen molar-refractivity contribution >= 4 is 16.7 Å². The number of hydrogen-bond donors (Lipinski definition) is 0. The minimum absolute atomic E-state index is 0.0523. The third-order valence-corrected chi connectivity index (χ3v) is 4.00. The molecular formula is C18H16N4O2. The standard InChI is InChI=1S/C18H16N4O2/c1-2-21-17(23)14-10-6-7-11-15(14)22-16(19-20-18(21)22)12-24-13-8-4-3-5-9-13/h3-11H,2,12H2,1H3. The van der Waals surface area contributed by atoms with E-state index in [0.29, 0.717) is 23.5 Å². The van der Waals surface area contributed by atoms with Crippen LogP contribution in [0.1, 0.15) is 12.7 Å². The van der Waals surface area contributed by atoms with E-state index in [-0.39, 0.29) is 12.2 Å². The third kappa shape index (κ3) is 2.23. The molecule has 0 saturated carbocycles. The number of para-hydroxylation sites is 2. The zero-order valence-electron chi connectivity index (χ0n) is 13.2. The Kier molecular flexibility index (Phi) is 3.49. The van der Waals surface area contributed by atoms with E-state index in [1.54, 1.807) is 4.57 Å². The summed E-state index contributed by atoms with van der Waals surface area (Å²) >= 11 is 0. The van der Waals surface area contributed by atoms with Crippen LogP contribution in [0.25, 0.3) is 16.7 Å². The van der Waals surface area contributed by atoms with E-state index >= 15 is 0 Å². The minimum atomic E-state index is -0.0523. The molecule has 2 heterocycles. The zero-order chi connectivity index (χ0) is 16.5. The highest BCUT2D eigenvalue weighted by Crippen LogP contribution is 2.16. The molecule has 0 aliphatic rings. The molecule has 4 aromatic rings. The fourth-order valence-corrected chi connectivity index (χ4v) is 2.86. The SMILES string of the molecule is CCn1c(=O)c2ccccc2n2c(COc3ccccc3)nnc12. The summed E-state index contributed by atoms with van der Waals surface area (Å²) in [6, 6.07) is 17.0.